The number of rotatable bonds is 3. The normalized spacial score (nSPS) is 26.5. The van der Waals surface area contributed by atoms with Crippen LogP contribution in [0.4, 0.5) is 0 Å². The van der Waals surface area contributed by atoms with Crippen LogP contribution in [0.5, 0.6) is 0 Å². The van der Waals surface area contributed by atoms with E-state index in [9.17, 15) is 0 Å². The third-order valence-corrected chi connectivity index (χ3v) is 3.51. The van der Waals surface area contributed by atoms with E-state index in [-0.39, 0.29) is 17.6 Å². The molecule has 1 aliphatic heterocycles. The Morgan fingerprint density at radius 3 is 2.67 bits per heavy atom. The summed E-state index contributed by atoms with van der Waals surface area (Å²) in [4.78, 5) is 4.52. The molecule has 0 radical (unpaired) electrons. The zero-order chi connectivity index (χ0) is 13.3. The smallest absolute Gasteiger partial charge is 0.244 e. The van der Waals surface area contributed by atoms with Crippen LogP contribution >= 0.6 is 0 Å². The Kier molecular flexibility index (Phi) is 3.73. The predicted octanol–water partition coefficient (Wildman–Crippen LogP) is 2.47. The van der Waals surface area contributed by atoms with Crippen LogP contribution in [0.2, 0.25) is 0 Å². The van der Waals surface area contributed by atoms with Crippen molar-refractivity contribution >= 4 is 0 Å². The maximum absolute atomic E-state index is 5.50. The number of methoxy groups -OCH3 is 1. The van der Waals surface area contributed by atoms with E-state index in [4.69, 9.17) is 9.26 Å². The summed E-state index contributed by atoms with van der Waals surface area (Å²) >= 11 is 0. The van der Waals surface area contributed by atoms with Gasteiger partial charge < -0.3 is 14.6 Å². The van der Waals surface area contributed by atoms with Crippen LogP contribution in [0.3, 0.4) is 0 Å². The molecule has 0 amide bonds. The van der Waals surface area contributed by atoms with Gasteiger partial charge in [-0.05, 0) is 24.3 Å². The van der Waals surface area contributed by atoms with Crippen molar-refractivity contribution in [3.05, 3.63) is 11.7 Å². The molecule has 1 fully saturated rings. The van der Waals surface area contributed by atoms with Crippen molar-refractivity contribution in [3.63, 3.8) is 0 Å². The summed E-state index contributed by atoms with van der Waals surface area (Å²) in [7, 11) is 1.68. The summed E-state index contributed by atoms with van der Waals surface area (Å²) in [6.07, 6.45) is 1.00. The molecule has 2 heterocycles. The van der Waals surface area contributed by atoms with Crippen molar-refractivity contribution in [2.24, 2.45) is 11.3 Å². The fraction of sp³-hybridized carbons (Fsp3) is 0.846. The number of hydrogen-bond acceptors (Lipinski definition) is 5. The van der Waals surface area contributed by atoms with E-state index in [1.165, 1.54) is 0 Å². The molecule has 0 aliphatic carbocycles. The second kappa shape index (κ2) is 4.97. The fourth-order valence-electron chi connectivity index (χ4n) is 2.49. The maximum atomic E-state index is 5.50. The Morgan fingerprint density at radius 2 is 2.17 bits per heavy atom. The molecule has 1 saturated heterocycles. The highest BCUT2D eigenvalue weighted by molar-refractivity contribution is 5.01. The molecule has 1 aromatic heterocycles. The summed E-state index contributed by atoms with van der Waals surface area (Å²) in [5.41, 5.74) is -0.0510. The zero-order valence-electron chi connectivity index (χ0n) is 11.9. The van der Waals surface area contributed by atoms with Gasteiger partial charge in [-0.15, -0.1) is 0 Å². The Balaban J connectivity index is 2.19. The van der Waals surface area contributed by atoms with Gasteiger partial charge in [-0.2, -0.15) is 4.98 Å². The average molecular weight is 253 g/mol. The first-order chi connectivity index (χ1) is 8.43. The average Bonchev–Trinajstić information content (AvgIpc) is 2.85. The third-order valence-electron chi connectivity index (χ3n) is 3.51. The van der Waals surface area contributed by atoms with E-state index in [1.54, 1.807) is 7.11 Å². The molecule has 0 bridgehead atoms. The van der Waals surface area contributed by atoms with Crippen LogP contribution in [0.1, 0.15) is 58.0 Å². The topological polar surface area (TPSA) is 60.2 Å². The van der Waals surface area contributed by atoms with E-state index in [2.05, 4.69) is 43.2 Å². The van der Waals surface area contributed by atoms with Crippen molar-refractivity contribution in [2.45, 2.75) is 46.3 Å². The second-order valence-electron chi connectivity index (χ2n) is 6.17. The molecule has 0 spiro atoms. The minimum Gasteiger partial charge on any atom is -0.373 e. The number of hydrogen-bond donors (Lipinski definition) is 1. The highest BCUT2D eigenvalue weighted by Crippen LogP contribution is 2.35. The van der Waals surface area contributed by atoms with Crippen LogP contribution in [-0.2, 0) is 4.74 Å². The number of nitrogens with one attached hydrogen (secondary N) is 1. The standard InChI is InChI=1S/C13H23N3O2/c1-8-6-7-14-9(8)12-15-11(16-18-12)10(17-5)13(2,3)4/h8-10,14H,6-7H2,1-5H3. The van der Waals surface area contributed by atoms with Gasteiger partial charge in [0.1, 0.15) is 6.10 Å². The lowest BCUT2D eigenvalue weighted by molar-refractivity contribution is 0.00718. The van der Waals surface area contributed by atoms with Crippen molar-refractivity contribution in [1.82, 2.24) is 15.5 Å². The predicted molar refractivity (Wildman–Crippen MR) is 68.0 cm³/mol. The Hall–Kier alpha value is -0.940. The monoisotopic (exact) mass is 253 g/mol. The maximum Gasteiger partial charge on any atom is 0.244 e. The molecule has 2 rings (SSSR count). The van der Waals surface area contributed by atoms with Gasteiger partial charge in [-0.25, -0.2) is 0 Å². The summed E-state index contributed by atoms with van der Waals surface area (Å²) in [6.45, 7) is 9.53. The number of nitrogens with zero attached hydrogens (tertiary/aromatic N) is 2. The van der Waals surface area contributed by atoms with Gasteiger partial charge in [0.15, 0.2) is 0 Å². The molecule has 102 valence electrons. The number of aromatic nitrogens is 2. The fourth-order valence-corrected chi connectivity index (χ4v) is 2.49. The van der Waals surface area contributed by atoms with Gasteiger partial charge in [0.05, 0.1) is 6.04 Å². The lowest BCUT2D eigenvalue weighted by atomic mass is 9.88. The van der Waals surface area contributed by atoms with Crippen LogP contribution < -0.4 is 5.32 Å². The first-order valence-corrected chi connectivity index (χ1v) is 6.53. The first kappa shape index (κ1) is 13.5. The molecule has 5 nitrogen and oxygen atoms in total. The molecule has 1 aliphatic rings. The number of ether oxygens (including phenoxy) is 1. The molecule has 0 saturated carbocycles. The molecule has 3 unspecified atom stereocenters. The molecule has 5 heteroatoms. The van der Waals surface area contributed by atoms with Crippen LogP contribution in [0.15, 0.2) is 4.52 Å². The molecule has 0 aromatic carbocycles. The Labute approximate surface area is 108 Å². The summed E-state index contributed by atoms with van der Waals surface area (Å²) < 4.78 is 10.9. The van der Waals surface area contributed by atoms with E-state index in [0.29, 0.717) is 17.6 Å². The van der Waals surface area contributed by atoms with E-state index in [1.807, 2.05) is 0 Å². The highest BCUT2D eigenvalue weighted by atomic mass is 16.5. The minimum atomic E-state index is -0.147. The van der Waals surface area contributed by atoms with Gasteiger partial charge >= 0.3 is 0 Å². The minimum absolute atomic E-state index is 0.0510. The second-order valence-corrected chi connectivity index (χ2v) is 6.17. The van der Waals surface area contributed by atoms with Gasteiger partial charge in [0.2, 0.25) is 11.7 Å². The third kappa shape index (κ3) is 2.57. The van der Waals surface area contributed by atoms with E-state index in [0.717, 1.165) is 13.0 Å². The molecule has 1 N–H and O–H groups in total. The van der Waals surface area contributed by atoms with Gasteiger partial charge in [0.25, 0.3) is 0 Å². The lowest BCUT2D eigenvalue weighted by Gasteiger charge is -2.26. The quantitative estimate of drug-likeness (QED) is 0.896. The van der Waals surface area contributed by atoms with E-state index < -0.39 is 0 Å². The summed E-state index contributed by atoms with van der Waals surface area (Å²) in [5.74, 6) is 1.86. The van der Waals surface area contributed by atoms with Crippen molar-refractivity contribution < 1.29 is 9.26 Å². The highest BCUT2D eigenvalue weighted by Gasteiger charge is 2.34. The first-order valence-electron chi connectivity index (χ1n) is 6.53. The van der Waals surface area contributed by atoms with Gasteiger partial charge in [-0.3, -0.25) is 0 Å². The SMILES string of the molecule is COC(c1noc(C2NCCC2C)n1)C(C)(C)C. The molecule has 3 atom stereocenters. The largest absolute Gasteiger partial charge is 0.373 e. The zero-order valence-corrected chi connectivity index (χ0v) is 11.9. The Bertz CT molecular complexity index is 397. The molecular weight excluding hydrogens is 230 g/mol. The van der Waals surface area contributed by atoms with Crippen LogP contribution in [-0.4, -0.2) is 23.8 Å². The van der Waals surface area contributed by atoms with Gasteiger partial charge in [0, 0.05) is 7.11 Å². The molecular formula is C13H23N3O2. The molecule has 18 heavy (non-hydrogen) atoms. The van der Waals surface area contributed by atoms with Crippen LogP contribution in [0, 0.1) is 11.3 Å². The van der Waals surface area contributed by atoms with Crippen molar-refractivity contribution in [3.8, 4) is 0 Å². The lowest BCUT2D eigenvalue weighted by Crippen LogP contribution is -2.22. The van der Waals surface area contributed by atoms with Gasteiger partial charge in [-0.1, -0.05) is 32.9 Å². The van der Waals surface area contributed by atoms with Crippen molar-refractivity contribution in [2.75, 3.05) is 13.7 Å². The summed E-state index contributed by atoms with van der Waals surface area (Å²) in [6, 6.07) is 0.184. The Morgan fingerprint density at radius 1 is 1.44 bits per heavy atom. The van der Waals surface area contributed by atoms with Crippen molar-refractivity contribution in [1.29, 1.82) is 0 Å². The van der Waals surface area contributed by atoms with E-state index >= 15 is 0 Å². The molecule has 1 aromatic rings. The summed E-state index contributed by atoms with van der Waals surface area (Å²) in [5, 5.41) is 7.48. The van der Waals surface area contributed by atoms with Crippen LogP contribution in [0.25, 0.3) is 0 Å².